The van der Waals surface area contributed by atoms with Gasteiger partial charge in [0.25, 0.3) is 11.8 Å². The Morgan fingerprint density at radius 2 is 1.70 bits per heavy atom. The fourth-order valence-electron chi connectivity index (χ4n) is 3.13. The fraction of sp³-hybridized carbons (Fsp3) is 0.200. The van der Waals surface area contributed by atoms with Crippen molar-refractivity contribution in [3.63, 3.8) is 0 Å². The third kappa shape index (κ3) is 3.02. The van der Waals surface area contributed by atoms with Crippen LogP contribution in [0.4, 0.5) is 5.69 Å². The minimum absolute atomic E-state index is 0.163. The number of halogens is 1. The molecule has 0 spiro atoms. The topological polar surface area (TPSA) is 67.9 Å². The van der Waals surface area contributed by atoms with Crippen LogP contribution in [-0.4, -0.2) is 29.5 Å². The molecule has 2 heterocycles. The summed E-state index contributed by atoms with van der Waals surface area (Å²) >= 11 is 5.96. The van der Waals surface area contributed by atoms with Crippen LogP contribution in [0.3, 0.4) is 0 Å². The zero-order valence-corrected chi connectivity index (χ0v) is 15.5. The van der Waals surface area contributed by atoms with E-state index < -0.39 is 0 Å². The van der Waals surface area contributed by atoms with Crippen molar-refractivity contribution in [1.29, 1.82) is 0 Å². The van der Waals surface area contributed by atoms with E-state index in [0.717, 1.165) is 0 Å². The number of carbonyl (C=O) groups excluding carboxylic acids is 2. The van der Waals surface area contributed by atoms with Crippen LogP contribution >= 0.6 is 11.6 Å². The lowest BCUT2D eigenvalue weighted by molar-refractivity contribution is -0.138. The van der Waals surface area contributed by atoms with Crippen LogP contribution in [-0.2, 0) is 9.59 Å². The van der Waals surface area contributed by atoms with Crippen LogP contribution < -0.4 is 14.8 Å². The van der Waals surface area contributed by atoms with Crippen LogP contribution in [0.2, 0.25) is 5.02 Å². The molecule has 0 saturated carbocycles. The third-order valence-corrected chi connectivity index (χ3v) is 4.66. The van der Waals surface area contributed by atoms with E-state index in [1.54, 1.807) is 56.3 Å². The first-order chi connectivity index (χ1) is 13.0. The molecule has 7 heteroatoms. The van der Waals surface area contributed by atoms with Gasteiger partial charge in [-0.1, -0.05) is 23.7 Å². The van der Waals surface area contributed by atoms with Crippen LogP contribution in [0.5, 0.6) is 11.5 Å². The minimum Gasteiger partial charge on any atom is -0.454 e. The van der Waals surface area contributed by atoms with Crippen molar-refractivity contribution in [2.45, 2.75) is 19.9 Å². The number of carbonyl (C=O) groups is 2. The highest BCUT2D eigenvalue weighted by Crippen LogP contribution is 2.37. The van der Waals surface area contributed by atoms with Gasteiger partial charge in [0.15, 0.2) is 11.5 Å². The lowest BCUT2D eigenvalue weighted by Gasteiger charge is -2.19. The zero-order valence-electron chi connectivity index (χ0n) is 14.8. The number of amides is 2. The van der Waals surface area contributed by atoms with E-state index in [4.69, 9.17) is 21.1 Å². The molecule has 2 aromatic rings. The summed E-state index contributed by atoms with van der Waals surface area (Å²) in [4.78, 5) is 27.2. The second kappa shape index (κ2) is 6.63. The van der Waals surface area contributed by atoms with Crippen LogP contribution in [0.25, 0.3) is 5.57 Å². The Labute approximate surface area is 161 Å². The molecule has 0 unspecified atom stereocenters. The van der Waals surface area contributed by atoms with Gasteiger partial charge < -0.3 is 14.8 Å². The number of fused-ring (bicyclic) bond motifs is 1. The molecule has 138 valence electrons. The first-order valence-electron chi connectivity index (χ1n) is 8.50. The van der Waals surface area contributed by atoms with Gasteiger partial charge in [0, 0.05) is 22.8 Å². The Morgan fingerprint density at radius 1 is 1.00 bits per heavy atom. The first kappa shape index (κ1) is 17.4. The van der Waals surface area contributed by atoms with Gasteiger partial charge in [0.1, 0.15) is 5.70 Å². The number of rotatable bonds is 4. The van der Waals surface area contributed by atoms with Gasteiger partial charge in [0.2, 0.25) is 6.79 Å². The van der Waals surface area contributed by atoms with E-state index in [0.29, 0.717) is 33.3 Å². The SMILES string of the molecule is CC(C)N1C(=O)C(Nc2ccc3c(c2)OCO3)=C(c2ccc(Cl)cc2)C1=O. The number of nitrogens with one attached hydrogen (secondary N) is 1. The molecule has 0 atom stereocenters. The van der Waals surface area contributed by atoms with Gasteiger partial charge in [-0.25, -0.2) is 0 Å². The highest BCUT2D eigenvalue weighted by molar-refractivity contribution is 6.37. The van der Waals surface area contributed by atoms with Crippen molar-refractivity contribution in [2.75, 3.05) is 12.1 Å². The molecular formula is C20H17ClN2O4. The summed E-state index contributed by atoms with van der Waals surface area (Å²) in [5, 5.41) is 3.66. The van der Waals surface area contributed by atoms with Crippen molar-refractivity contribution in [1.82, 2.24) is 4.90 Å². The first-order valence-corrected chi connectivity index (χ1v) is 8.88. The van der Waals surface area contributed by atoms with E-state index in [-0.39, 0.29) is 30.3 Å². The summed E-state index contributed by atoms with van der Waals surface area (Å²) in [6.45, 7) is 3.77. The smallest absolute Gasteiger partial charge is 0.278 e. The predicted molar refractivity (Wildman–Crippen MR) is 102 cm³/mol. The van der Waals surface area contributed by atoms with Crippen molar-refractivity contribution in [3.05, 3.63) is 58.7 Å². The number of anilines is 1. The largest absolute Gasteiger partial charge is 0.454 e. The number of hydrogen-bond acceptors (Lipinski definition) is 5. The highest BCUT2D eigenvalue weighted by atomic mass is 35.5. The molecule has 0 aliphatic carbocycles. The van der Waals surface area contributed by atoms with Crippen LogP contribution in [0.1, 0.15) is 19.4 Å². The van der Waals surface area contributed by atoms with Crippen molar-refractivity contribution >= 4 is 34.7 Å². The minimum atomic E-state index is -0.363. The summed E-state index contributed by atoms with van der Waals surface area (Å²) in [5.41, 5.74) is 1.81. The quantitative estimate of drug-likeness (QED) is 0.814. The molecule has 2 aliphatic rings. The number of nitrogens with zero attached hydrogens (tertiary/aromatic N) is 1. The van der Waals surface area contributed by atoms with Gasteiger partial charge in [-0.2, -0.15) is 0 Å². The van der Waals surface area contributed by atoms with Gasteiger partial charge in [-0.3, -0.25) is 14.5 Å². The second-order valence-electron chi connectivity index (χ2n) is 6.52. The average molecular weight is 385 g/mol. The van der Waals surface area contributed by atoms with E-state index in [2.05, 4.69) is 5.32 Å². The lowest BCUT2D eigenvalue weighted by Crippen LogP contribution is -2.38. The monoisotopic (exact) mass is 384 g/mol. The molecule has 0 fully saturated rings. The molecular weight excluding hydrogens is 368 g/mol. The van der Waals surface area contributed by atoms with Gasteiger partial charge in [-0.05, 0) is 43.7 Å². The standard InChI is InChI=1S/C20H17ClN2O4/c1-11(2)23-19(24)17(12-3-5-13(21)6-4-12)18(20(23)25)22-14-7-8-15-16(9-14)27-10-26-15/h3-9,11,22H,10H2,1-2H3. The van der Waals surface area contributed by atoms with E-state index in [9.17, 15) is 9.59 Å². The maximum absolute atomic E-state index is 13.0. The van der Waals surface area contributed by atoms with Gasteiger partial charge in [0.05, 0.1) is 5.57 Å². The Kier molecular flexibility index (Phi) is 4.28. The molecule has 0 saturated heterocycles. The fourth-order valence-corrected chi connectivity index (χ4v) is 3.26. The maximum Gasteiger partial charge on any atom is 0.278 e. The van der Waals surface area contributed by atoms with Crippen LogP contribution in [0.15, 0.2) is 48.2 Å². The Hall–Kier alpha value is -2.99. The average Bonchev–Trinajstić information content (AvgIpc) is 3.18. The molecule has 6 nitrogen and oxygen atoms in total. The Morgan fingerprint density at radius 3 is 2.41 bits per heavy atom. The van der Waals surface area contributed by atoms with E-state index >= 15 is 0 Å². The van der Waals surface area contributed by atoms with Crippen LogP contribution in [0, 0.1) is 0 Å². The number of hydrogen-bond donors (Lipinski definition) is 1. The lowest BCUT2D eigenvalue weighted by atomic mass is 10.0. The van der Waals surface area contributed by atoms with Crippen molar-refractivity contribution < 1.29 is 19.1 Å². The summed E-state index contributed by atoms with van der Waals surface area (Å²) in [7, 11) is 0. The van der Waals surface area contributed by atoms with E-state index in [1.807, 2.05) is 0 Å². The number of imide groups is 1. The molecule has 0 radical (unpaired) electrons. The summed E-state index contributed by atoms with van der Waals surface area (Å²) in [6, 6.07) is 11.9. The molecule has 0 bridgehead atoms. The Bertz CT molecular complexity index is 966. The number of benzene rings is 2. The molecule has 2 aromatic carbocycles. The Balaban J connectivity index is 1.78. The molecule has 27 heavy (non-hydrogen) atoms. The molecule has 1 N–H and O–H groups in total. The summed E-state index contributed by atoms with van der Waals surface area (Å²) in [6.07, 6.45) is 0. The summed E-state index contributed by atoms with van der Waals surface area (Å²) < 4.78 is 10.7. The summed E-state index contributed by atoms with van der Waals surface area (Å²) in [5.74, 6) is 0.536. The normalized spacial score (nSPS) is 15.9. The third-order valence-electron chi connectivity index (χ3n) is 4.41. The molecule has 4 rings (SSSR count). The van der Waals surface area contributed by atoms with Gasteiger partial charge in [-0.15, -0.1) is 0 Å². The highest BCUT2D eigenvalue weighted by Gasteiger charge is 2.40. The van der Waals surface area contributed by atoms with Crippen molar-refractivity contribution in [3.8, 4) is 11.5 Å². The van der Waals surface area contributed by atoms with Gasteiger partial charge >= 0.3 is 0 Å². The molecule has 2 aliphatic heterocycles. The number of ether oxygens (including phenoxy) is 2. The zero-order chi connectivity index (χ0) is 19.1. The van der Waals surface area contributed by atoms with E-state index in [1.165, 1.54) is 4.90 Å². The maximum atomic E-state index is 13.0. The van der Waals surface area contributed by atoms with Crippen molar-refractivity contribution in [2.24, 2.45) is 0 Å². The second-order valence-corrected chi connectivity index (χ2v) is 6.96. The molecule has 0 aromatic heterocycles. The molecule has 2 amide bonds. The predicted octanol–water partition coefficient (Wildman–Crippen LogP) is 3.67.